The van der Waals surface area contributed by atoms with Crippen LogP contribution in [0.5, 0.6) is 17.2 Å². The fraction of sp³-hybridized carbons (Fsp3) is 0.167. The summed E-state index contributed by atoms with van der Waals surface area (Å²) < 4.78 is 31.7. The van der Waals surface area contributed by atoms with Crippen LogP contribution >= 0.6 is 0 Å². The summed E-state index contributed by atoms with van der Waals surface area (Å²) in [5, 5.41) is 13.1. The molecule has 1 N–H and O–H groups in total. The number of benzene rings is 3. The van der Waals surface area contributed by atoms with Gasteiger partial charge in [0.15, 0.2) is 11.5 Å². The lowest BCUT2D eigenvalue weighted by atomic mass is 10.0. The van der Waals surface area contributed by atoms with E-state index < -0.39 is 5.82 Å². The predicted octanol–water partition coefficient (Wildman–Crippen LogP) is 5.83. The van der Waals surface area contributed by atoms with Crippen molar-refractivity contribution in [1.82, 2.24) is 14.9 Å². The molecule has 0 atom stereocenters. The highest BCUT2D eigenvalue weighted by Crippen LogP contribution is 2.38. The summed E-state index contributed by atoms with van der Waals surface area (Å²) in [7, 11) is 3.16. The number of hydrogen-bond donors (Lipinski definition) is 1. The Morgan fingerprint density at radius 1 is 1.05 bits per heavy atom. The maximum atomic E-state index is 14.3. The molecule has 39 heavy (non-hydrogen) atoms. The summed E-state index contributed by atoms with van der Waals surface area (Å²) in [6, 6.07) is 15.5. The number of ether oxygens (including phenoxy) is 3. The third kappa shape index (κ3) is 5.05. The number of likely N-dealkylation sites (tertiary alicyclic amines) is 1. The highest BCUT2D eigenvalue weighted by Gasteiger charge is 2.29. The van der Waals surface area contributed by atoms with Crippen molar-refractivity contribution in [3.63, 3.8) is 0 Å². The molecule has 0 spiro atoms. The molecule has 1 fully saturated rings. The van der Waals surface area contributed by atoms with Crippen molar-refractivity contribution in [2.24, 2.45) is 0 Å². The standard InChI is InChI=1S/C30H26FN5O3/c1-5-18(2)36-15-22(16-36)39-29-12-23-25(13-28(29)38-4)33-17-34-30(23)35-26-11-20(8-9-27(26)37-3)19-6-7-21(14-32)24(31)10-19/h5-13,17,22H,1-2,15-16H2,3-4H3,(H,33,34,35). The maximum Gasteiger partial charge on any atom is 0.162 e. The highest BCUT2D eigenvalue weighted by atomic mass is 19.1. The van der Waals surface area contributed by atoms with Gasteiger partial charge in [0.2, 0.25) is 0 Å². The molecule has 1 saturated heterocycles. The Kier molecular flexibility index (Phi) is 7.02. The summed E-state index contributed by atoms with van der Waals surface area (Å²) >= 11 is 0. The van der Waals surface area contributed by atoms with Gasteiger partial charge in [-0.05, 0) is 47.5 Å². The normalized spacial score (nSPS) is 12.8. The van der Waals surface area contributed by atoms with E-state index in [2.05, 4.69) is 33.3 Å². The van der Waals surface area contributed by atoms with Crippen LogP contribution in [0.2, 0.25) is 0 Å². The van der Waals surface area contributed by atoms with Crippen LogP contribution in [0.15, 0.2) is 79.8 Å². The number of hydrogen-bond acceptors (Lipinski definition) is 8. The number of allylic oxidation sites excluding steroid dienone is 1. The zero-order valence-corrected chi connectivity index (χ0v) is 21.6. The van der Waals surface area contributed by atoms with Gasteiger partial charge < -0.3 is 24.4 Å². The third-order valence-corrected chi connectivity index (χ3v) is 6.58. The number of methoxy groups -OCH3 is 2. The van der Waals surface area contributed by atoms with Crippen LogP contribution in [0, 0.1) is 17.1 Å². The van der Waals surface area contributed by atoms with Gasteiger partial charge in [-0.1, -0.05) is 25.3 Å². The largest absolute Gasteiger partial charge is 0.495 e. The van der Waals surface area contributed by atoms with Crippen LogP contribution < -0.4 is 19.5 Å². The van der Waals surface area contributed by atoms with Crippen molar-refractivity contribution in [1.29, 1.82) is 5.26 Å². The molecule has 1 aliphatic heterocycles. The van der Waals surface area contributed by atoms with E-state index in [1.54, 1.807) is 32.4 Å². The van der Waals surface area contributed by atoms with E-state index in [4.69, 9.17) is 19.5 Å². The summed E-state index contributed by atoms with van der Waals surface area (Å²) in [6.45, 7) is 9.13. The van der Waals surface area contributed by atoms with Gasteiger partial charge in [-0.25, -0.2) is 14.4 Å². The number of halogens is 1. The number of nitrogens with zero attached hydrogens (tertiary/aromatic N) is 4. The highest BCUT2D eigenvalue weighted by molar-refractivity contribution is 5.93. The van der Waals surface area contributed by atoms with Crippen LogP contribution in [0.4, 0.5) is 15.9 Å². The lowest BCUT2D eigenvalue weighted by Crippen LogP contribution is -2.52. The van der Waals surface area contributed by atoms with E-state index in [9.17, 15) is 4.39 Å². The lowest BCUT2D eigenvalue weighted by molar-refractivity contribution is 0.0454. The third-order valence-electron chi connectivity index (χ3n) is 6.58. The quantitative estimate of drug-likeness (QED) is 0.274. The van der Waals surface area contributed by atoms with Crippen LogP contribution in [0.3, 0.4) is 0 Å². The average molecular weight is 524 g/mol. The van der Waals surface area contributed by atoms with E-state index in [-0.39, 0.29) is 11.7 Å². The molecule has 0 unspecified atom stereocenters. The molecule has 0 bridgehead atoms. The second-order valence-corrected chi connectivity index (χ2v) is 8.93. The predicted molar refractivity (Wildman–Crippen MR) is 148 cm³/mol. The average Bonchev–Trinajstić information content (AvgIpc) is 2.94. The van der Waals surface area contributed by atoms with Crippen LogP contribution in [-0.4, -0.2) is 48.3 Å². The Bertz CT molecular complexity index is 1630. The van der Waals surface area contributed by atoms with Gasteiger partial charge in [-0.3, -0.25) is 0 Å². The minimum absolute atomic E-state index is 0.00763. The van der Waals surface area contributed by atoms with Gasteiger partial charge in [-0.2, -0.15) is 5.26 Å². The van der Waals surface area contributed by atoms with Crippen molar-refractivity contribution in [3.05, 3.63) is 91.2 Å². The number of fused-ring (bicyclic) bond motifs is 1. The Balaban J connectivity index is 1.48. The molecule has 0 radical (unpaired) electrons. The molecule has 196 valence electrons. The van der Waals surface area contributed by atoms with Crippen LogP contribution in [-0.2, 0) is 0 Å². The van der Waals surface area contributed by atoms with Gasteiger partial charge >= 0.3 is 0 Å². The van der Waals surface area contributed by atoms with E-state index in [1.165, 1.54) is 18.5 Å². The van der Waals surface area contributed by atoms with Crippen molar-refractivity contribution in [2.45, 2.75) is 6.10 Å². The van der Waals surface area contributed by atoms with Crippen LogP contribution in [0.1, 0.15) is 5.56 Å². The first-order chi connectivity index (χ1) is 18.9. The Morgan fingerprint density at radius 2 is 1.79 bits per heavy atom. The zero-order chi connectivity index (χ0) is 27.5. The molecular weight excluding hydrogens is 497 g/mol. The van der Waals surface area contributed by atoms with Crippen molar-refractivity contribution in [2.75, 3.05) is 32.6 Å². The molecule has 0 aliphatic carbocycles. The van der Waals surface area contributed by atoms with E-state index in [0.29, 0.717) is 52.9 Å². The molecule has 1 aromatic heterocycles. The zero-order valence-electron chi connectivity index (χ0n) is 21.6. The first-order valence-corrected chi connectivity index (χ1v) is 12.1. The molecule has 8 nitrogen and oxygen atoms in total. The molecule has 1 aliphatic rings. The van der Waals surface area contributed by atoms with Crippen molar-refractivity contribution in [3.8, 4) is 34.4 Å². The summed E-state index contributed by atoms with van der Waals surface area (Å²) in [5.41, 5.74) is 3.50. The minimum atomic E-state index is -0.577. The molecule has 2 heterocycles. The van der Waals surface area contributed by atoms with Gasteiger partial charge in [0.25, 0.3) is 0 Å². The van der Waals surface area contributed by atoms with Crippen molar-refractivity contribution < 1.29 is 18.6 Å². The first kappa shape index (κ1) is 25.5. The van der Waals surface area contributed by atoms with Gasteiger partial charge in [0.05, 0.1) is 44.1 Å². The van der Waals surface area contributed by atoms with E-state index in [0.717, 1.165) is 16.6 Å². The summed E-state index contributed by atoms with van der Waals surface area (Å²) in [5.74, 6) is 1.67. The maximum absolute atomic E-state index is 14.3. The molecule has 0 amide bonds. The number of aromatic nitrogens is 2. The SMILES string of the molecule is C=CC(=C)N1CC(Oc2cc3c(Nc4cc(-c5ccc(C#N)c(F)c5)ccc4OC)ncnc3cc2OC)C1. The second-order valence-electron chi connectivity index (χ2n) is 8.93. The van der Waals surface area contributed by atoms with Crippen molar-refractivity contribution >= 4 is 22.4 Å². The number of anilines is 2. The molecule has 0 saturated carbocycles. The monoisotopic (exact) mass is 523 g/mol. The summed E-state index contributed by atoms with van der Waals surface area (Å²) in [4.78, 5) is 11.0. The fourth-order valence-corrected chi connectivity index (χ4v) is 4.37. The number of rotatable bonds is 9. The minimum Gasteiger partial charge on any atom is -0.495 e. The van der Waals surface area contributed by atoms with Crippen LogP contribution in [0.25, 0.3) is 22.0 Å². The second kappa shape index (κ2) is 10.7. The van der Waals surface area contributed by atoms with E-state index >= 15 is 0 Å². The molecule has 3 aromatic carbocycles. The summed E-state index contributed by atoms with van der Waals surface area (Å²) in [6.07, 6.45) is 3.16. The molecular formula is C30H26FN5O3. The number of nitriles is 1. The van der Waals surface area contributed by atoms with Gasteiger partial charge in [0.1, 0.15) is 35.9 Å². The smallest absolute Gasteiger partial charge is 0.162 e. The molecule has 4 aromatic rings. The van der Waals surface area contributed by atoms with Gasteiger partial charge in [0, 0.05) is 17.1 Å². The Labute approximate surface area is 225 Å². The molecule has 9 heteroatoms. The fourth-order valence-electron chi connectivity index (χ4n) is 4.37. The Hall–Kier alpha value is -5.10. The van der Waals surface area contributed by atoms with E-state index in [1.807, 2.05) is 30.3 Å². The topological polar surface area (TPSA) is 92.5 Å². The molecule has 5 rings (SSSR count). The lowest BCUT2D eigenvalue weighted by Gasteiger charge is -2.41. The Morgan fingerprint density at radius 3 is 2.49 bits per heavy atom. The van der Waals surface area contributed by atoms with Gasteiger partial charge in [-0.15, -0.1) is 0 Å². The number of nitrogens with one attached hydrogen (secondary N) is 1. The first-order valence-electron chi connectivity index (χ1n) is 12.1.